The Bertz CT molecular complexity index is 160. The third-order valence-corrected chi connectivity index (χ3v) is 2.89. The first-order valence-electron chi connectivity index (χ1n) is 5.03. The Morgan fingerprint density at radius 1 is 1.08 bits per heavy atom. The Labute approximate surface area is 79.0 Å². The summed E-state index contributed by atoms with van der Waals surface area (Å²) < 4.78 is 10.7. The molecule has 2 saturated heterocycles. The van der Waals surface area contributed by atoms with Crippen LogP contribution in [0, 0.1) is 0 Å². The Morgan fingerprint density at radius 3 is 2.54 bits per heavy atom. The molecule has 2 aliphatic rings. The smallest absolute Gasteiger partial charge is 0.0636 e. The number of nitrogens with two attached hydrogens (primary N) is 1. The van der Waals surface area contributed by atoms with Crippen LogP contribution in [-0.2, 0) is 9.47 Å². The fraction of sp³-hybridized carbons (Fsp3) is 1.00. The Morgan fingerprint density at radius 2 is 1.85 bits per heavy atom. The molecule has 0 aliphatic carbocycles. The van der Waals surface area contributed by atoms with Crippen LogP contribution in [-0.4, -0.2) is 56.5 Å². The van der Waals surface area contributed by atoms with Crippen molar-refractivity contribution in [3.8, 4) is 0 Å². The summed E-state index contributed by atoms with van der Waals surface area (Å²) in [6.45, 7) is 5.29. The minimum absolute atomic E-state index is 0.284. The van der Waals surface area contributed by atoms with Crippen molar-refractivity contribution in [2.75, 3.05) is 39.5 Å². The fourth-order valence-electron chi connectivity index (χ4n) is 2.02. The summed E-state index contributed by atoms with van der Waals surface area (Å²) in [5.41, 5.74) is 6.05. The van der Waals surface area contributed by atoms with Crippen LogP contribution in [0.5, 0.6) is 0 Å². The van der Waals surface area contributed by atoms with Crippen molar-refractivity contribution in [2.24, 2.45) is 5.73 Å². The van der Waals surface area contributed by atoms with E-state index in [1.54, 1.807) is 0 Å². The molecule has 0 aromatic heterocycles. The van der Waals surface area contributed by atoms with Crippen LogP contribution < -0.4 is 5.73 Å². The molecule has 2 aliphatic heterocycles. The summed E-state index contributed by atoms with van der Waals surface area (Å²) in [6, 6.07) is 0.699. The first-order valence-corrected chi connectivity index (χ1v) is 5.03. The van der Waals surface area contributed by atoms with Gasteiger partial charge in [0.15, 0.2) is 0 Å². The predicted octanol–water partition coefficient (Wildman–Crippen LogP) is -0.565. The van der Waals surface area contributed by atoms with E-state index in [9.17, 15) is 0 Å². The summed E-state index contributed by atoms with van der Waals surface area (Å²) in [5.74, 6) is 0. The lowest BCUT2D eigenvalue weighted by Gasteiger charge is -2.39. The lowest BCUT2D eigenvalue weighted by molar-refractivity contribution is -0.0392. The highest BCUT2D eigenvalue weighted by Gasteiger charge is 2.29. The molecule has 2 heterocycles. The summed E-state index contributed by atoms with van der Waals surface area (Å²) in [7, 11) is 0. The van der Waals surface area contributed by atoms with Gasteiger partial charge in [-0.1, -0.05) is 0 Å². The molecule has 2 rings (SSSR count). The van der Waals surface area contributed by atoms with Gasteiger partial charge in [-0.2, -0.15) is 0 Å². The van der Waals surface area contributed by atoms with E-state index in [0.717, 1.165) is 45.9 Å². The molecule has 13 heavy (non-hydrogen) atoms. The molecule has 4 heteroatoms. The monoisotopic (exact) mass is 186 g/mol. The highest BCUT2D eigenvalue weighted by molar-refractivity contribution is 4.85. The first-order chi connectivity index (χ1) is 6.38. The number of hydrogen-bond acceptors (Lipinski definition) is 4. The molecular weight excluding hydrogens is 168 g/mol. The van der Waals surface area contributed by atoms with Crippen LogP contribution in [0.2, 0.25) is 0 Å². The molecule has 0 spiro atoms. The fourth-order valence-corrected chi connectivity index (χ4v) is 2.02. The standard InChI is InChI=1S/C9H18N2O2/c10-8-1-4-13-7-9(8)11-2-5-12-6-3-11/h8-9H,1-7,10H2/t8-,9+/m0/s1. The van der Waals surface area contributed by atoms with Crippen molar-refractivity contribution in [1.29, 1.82) is 0 Å². The summed E-state index contributed by atoms with van der Waals surface area (Å²) >= 11 is 0. The quantitative estimate of drug-likeness (QED) is 0.596. The first kappa shape index (κ1) is 9.40. The molecule has 2 atom stereocenters. The van der Waals surface area contributed by atoms with E-state index in [0.29, 0.717) is 6.04 Å². The third-order valence-electron chi connectivity index (χ3n) is 2.89. The van der Waals surface area contributed by atoms with Gasteiger partial charge in [0.1, 0.15) is 0 Å². The number of nitrogens with zero attached hydrogens (tertiary/aromatic N) is 1. The highest BCUT2D eigenvalue weighted by atomic mass is 16.5. The number of ether oxygens (including phenoxy) is 2. The molecule has 76 valence electrons. The third kappa shape index (κ3) is 2.20. The molecule has 0 aromatic rings. The van der Waals surface area contributed by atoms with E-state index in [4.69, 9.17) is 15.2 Å². The van der Waals surface area contributed by atoms with Crippen molar-refractivity contribution in [1.82, 2.24) is 4.90 Å². The minimum Gasteiger partial charge on any atom is -0.380 e. The molecule has 0 aromatic carbocycles. The Balaban J connectivity index is 1.88. The summed E-state index contributed by atoms with van der Waals surface area (Å²) in [5, 5.41) is 0. The second kappa shape index (κ2) is 4.37. The van der Waals surface area contributed by atoms with Crippen LogP contribution in [0.3, 0.4) is 0 Å². The zero-order chi connectivity index (χ0) is 9.10. The number of morpholine rings is 1. The molecule has 4 nitrogen and oxygen atoms in total. The molecular formula is C9H18N2O2. The second-order valence-electron chi connectivity index (χ2n) is 3.74. The molecule has 2 N–H and O–H groups in total. The Kier molecular flexibility index (Phi) is 3.16. The van der Waals surface area contributed by atoms with Gasteiger partial charge < -0.3 is 15.2 Å². The predicted molar refractivity (Wildman–Crippen MR) is 49.6 cm³/mol. The van der Waals surface area contributed by atoms with Gasteiger partial charge >= 0.3 is 0 Å². The summed E-state index contributed by atoms with van der Waals surface area (Å²) in [6.07, 6.45) is 0.988. The maximum atomic E-state index is 6.05. The van der Waals surface area contributed by atoms with Crippen molar-refractivity contribution >= 4 is 0 Å². The van der Waals surface area contributed by atoms with Crippen LogP contribution in [0.1, 0.15) is 6.42 Å². The van der Waals surface area contributed by atoms with Crippen LogP contribution in [0.15, 0.2) is 0 Å². The molecule has 0 bridgehead atoms. The average Bonchev–Trinajstić information content (AvgIpc) is 2.20. The molecule has 0 saturated carbocycles. The van der Waals surface area contributed by atoms with E-state index in [1.165, 1.54) is 0 Å². The van der Waals surface area contributed by atoms with E-state index in [2.05, 4.69) is 4.90 Å². The molecule has 0 unspecified atom stereocenters. The van der Waals surface area contributed by atoms with Gasteiger partial charge in [0.2, 0.25) is 0 Å². The zero-order valence-corrected chi connectivity index (χ0v) is 7.95. The van der Waals surface area contributed by atoms with Crippen molar-refractivity contribution in [3.05, 3.63) is 0 Å². The summed E-state index contributed by atoms with van der Waals surface area (Å²) in [4.78, 5) is 2.40. The number of hydrogen-bond donors (Lipinski definition) is 1. The van der Waals surface area contributed by atoms with Crippen LogP contribution >= 0.6 is 0 Å². The van der Waals surface area contributed by atoms with E-state index < -0.39 is 0 Å². The van der Waals surface area contributed by atoms with Gasteiger partial charge in [-0.15, -0.1) is 0 Å². The maximum Gasteiger partial charge on any atom is 0.0636 e. The SMILES string of the molecule is N[C@H]1CCOC[C@H]1N1CCOCC1. The van der Waals surface area contributed by atoms with Gasteiger partial charge in [0.25, 0.3) is 0 Å². The lowest BCUT2D eigenvalue weighted by atomic mass is 10.0. The zero-order valence-electron chi connectivity index (χ0n) is 7.95. The topological polar surface area (TPSA) is 47.7 Å². The van der Waals surface area contributed by atoms with Crippen molar-refractivity contribution < 1.29 is 9.47 Å². The van der Waals surface area contributed by atoms with E-state index >= 15 is 0 Å². The Hall–Kier alpha value is -0.160. The second-order valence-corrected chi connectivity index (χ2v) is 3.74. The molecule has 0 amide bonds. The highest BCUT2D eigenvalue weighted by Crippen LogP contribution is 2.13. The van der Waals surface area contributed by atoms with Gasteiger partial charge in [0, 0.05) is 31.8 Å². The van der Waals surface area contributed by atoms with Crippen molar-refractivity contribution in [2.45, 2.75) is 18.5 Å². The van der Waals surface area contributed by atoms with Gasteiger partial charge in [-0.25, -0.2) is 0 Å². The molecule has 2 fully saturated rings. The van der Waals surface area contributed by atoms with Gasteiger partial charge in [-0.05, 0) is 6.42 Å². The van der Waals surface area contributed by atoms with Crippen LogP contribution in [0.4, 0.5) is 0 Å². The van der Waals surface area contributed by atoms with Crippen molar-refractivity contribution in [3.63, 3.8) is 0 Å². The maximum absolute atomic E-state index is 6.05. The van der Waals surface area contributed by atoms with E-state index in [1.807, 2.05) is 0 Å². The van der Waals surface area contributed by atoms with Gasteiger partial charge in [-0.3, -0.25) is 4.90 Å². The van der Waals surface area contributed by atoms with Gasteiger partial charge in [0.05, 0.1) is 19.8 Å². The largest absolute Gasteiger partial charge is 0.380 e. The van der Waals surface area contributed by atoms with E-state index in [-0.39, 0.29) is 6.04 Å². The number of rotatable bonds is 1. The molecule has 0 radical (unpaired) electrons. The minimum atomic E-state index is 0.284. The average molecular weight is 186 g/mol. The van der Waals surface area contributed by atoms with Crippen LogP contribution in [0.25, 0.3) is 0 Å². The normalized spacial score (nSPS) is 37.6. The lowest BCUT2D eigenvalue weighted by Crippen LogP contribution is -2.56.